The lowest BCUT2D eigenvalue weighted by Gasteiger charge is -2.22. The van der Waals surface area contributed by atoms with Gasteiger partial charge in [0.25, 0.3) is 0 Å². The molecule has 1 amide bonds. The van der Waals surface area contributed by atoms with Crippen LogP contribution in [-0.4, -0.2) is 15.8 Å². The maximum Gasteiger partial charge on any atom is 0.220 e. The van der Waals surface area contributed by atoms with Crippen molar-refractivity contribution in [1.29, 1.82) is 0 Å². The summed E-state index contributed by atoms with van der Waals surface area (Å²) in [5, 5.41) is 1.37. The molecule has 0 fully saturated rings. The third kappa shape index (κ3) is 4.15. The Balaban J connectivity index is 1.88. The van der Waals surface area contributed by atoms with Crippen molar-refractivity contribution in [3.05, 3.63) is 76.2 Å². The largest absolute Gasteiger partial charge is 0.334 e. The van der Waals surface area contributed by atoms with E-state index in [-0.39, 0.29) is 11.7 Å². The number of hydrogen-bond donors (Lipinski definition) is 0. The molecule has 3 aromatic rings. The van der Waals surface area contributed by atoms with Gasteiger partial charge in [0, 0.05) is 31.0 Å². The molecule has 128 valence electrons. The van der Waals surface area contributed by atoms with Gasteiger partial charge in [-0.05, 0) is 42.3 Å². The molecule has 0 saturated carbocycles. The summed E-state index contributed by atoms with van der Waals surface area (Å²) in [6, 6.07) is 14.1. The third-order valence-corrected chi connectivity index (χ3v) is 4.42. The zero-order chi connectivity index (χ0) is 18.0. The average molecular weight is 357 g/mol. The molecule has 0 N–H and O–H groups in total. The molecule has 0 aliphatic carbocycles. The number of fused-ring (bicyclic) bond motifs is 1. The van der Waals surface area contributed by atoms with E-state index in [0.29, 0.717) is 18.2 Å². The van der Waals surface area contributed by atoms with Crippen molar-refractivity contribution in [1.82, 2.24) is 9.88 Å². The number of benzene rings is 2. The van der Waals surface area contributed by atoms with E-state index in [1.807, 2.05) is 31.2 Å². The average Bonchev–Trinajstić information content (AvgIpc) is 2.56. The van der Waals surface area contributed by atoms with E-state index >= 15 is 0 Å². The molecule has 1 heterocycles. The van der Waals surface area contributed by atoms with E-state index in [4.69, 9.17) is 11.6 Å². The molecular weight excluding hydrogens is 339 g/mol. The van der Waals surface area contributed by atoms with Crippen molar-refractivity contribution in [2.45, 2.75) is 26.9 Å². The monoisotopic (exact) mass is 356 g/mol. The van der Waals surface area contributed by atoms with E-state index in [2.05, 4.69) is 4.98 Å². The summed E-state index contributed by atoms with van der Waals surface area (Å²) in [7, 11) is 0. The molecule has 0 saturated heterocycles. The van der Waals surface area contributed by atoms with Crippen molar-refractivity contribution in [2.24, 2.45) is 0 Å². The first-order valence-corrected chi connectivity index (χ1v) is 8.36. The van der Waals surface area contributed by atoms with Crippen molar-refractivity contribution in [3.8, 4) is 0 Å². The lowest BCUT2D eigenvalue weighted by atomic mass is 10.1. The van der Waals surface area contributed by atoms with Gasteiger partial charge in [-0.25, -0.2) is 9.37 Å². The van der Waals surface area contributed by atoms with E-state index in [1.165, 1.54) is 19.1 Å². The molecule has 0 aliphatic heterocycles. The van der Waals surface area contributed by atoms with Gasteiger partial charge in [-0.15, -0.1) is 0 Å². The Hall–Kier alpha value is -2.46. The molecule has 25 heavy (non-hydrogen) atoms. The Bertz CT molecular complexity index is 925. The van der Waals surface area contributed by atoms with E-state index in [9.17, 15) is 9.18 Å². The second-order valence-electron chi connectivity index (χ2n) is 6.14. The number of nitrogens with zero attached hydrogens (tertiary/aromatic N) is 2. The van der Waals surface area contributed by atoms with Crippen molar-refractivity contribution < 1.29 is 9.18 Å². The minimum absolute atomic E-state index is 0.0793. The Morgan fingerprint density at radius 2 is 1.84 bits per heavy atom. The molecule has 5 heteroatoms. The minimum Gasteiger partial charge on any atom is -0.334 e. The predicted octanol–water partition coefficient (Wildman–Crippen LogP) is 4.88. The van der Waals surface area contributed by atoms with Gasteiger partial charge in [-0.2, -0.15) is 0 Å². The normalized spacial score (nSPS) is 10.9. The summed E-state index contributed by atoms with van der Waals surface area (Å²) in [5.74, 6) is -0.375. The molecule has 0 atom stereocenters. The maximum absolute atomic E-state index is 13.1. The molecule has 0 radical (unpaired) electrons. The first kappa shape index (κ1) is 17.4. The quantitative estimate of drug-likeness (QED) is 0.624. The van der Waals surface area contributed by atoms with Crippen LogP contribution in [0, 0.1) is 12.7 Å². The highest BCUT2D eigenvalue weighted by molar-refractivity contribution is 6.30. The molecule has 2 aromatic carbocycles. The maximum atomic E-state index is 13.1. The smallest absolute Gasteiger partial charge is 0.220 e. The Labute approximate surface area is 151 Å². The van der Waals surface area contributed by atoms with Crippen molar-refractivity contribution in [2.75, 3.05) is 0 Å². The molecule has 3 rings (SSSR count). The molecular formula is C20H18ClFN2O. The standard InChI is InChI=1S/C20H18ClFN2O/c1-13-3-6-16-10-17(20(21)23-19(16)9-13)12-24(14(2)25)11-15-4-7-18(22)8-5-15/h3-10H,11-12H2,1-2H3. The van der Waals surface area contributed by atoms with Gasteiger partial charge in [0.1, 0.15) is 11.0 Å². The van der Waals surface area contributed by atoms with Gasteiger partial charge in [-0.1, -0.05) is 35.9 Å². The fourth-order valence-electron chi connectivity index (χ4n) is 2.70. The van der Waals surface area contributed by atoms with Crippen LogP contribution in [0.15, 0.2) is 48.5 Å². The Morgan fingerprint density at radius 1 is 1.12 bits per heavy atom. The second kappa shape index (κ2) is 7.19. The van der Waals surface area contributed by atoms with Gasteiger partial charge in [0.2, 0.25) is 5.91 Å². The number of carbonyl (C=O) groups is 1. The first-order valence-electron chi connectivity index (χ1n) is 7.98. The molecule has 0 spiro atoms. The van der Waals surface area contributed by atoms with Crippen molar-refractivity contribution >= 4 is 28.4 Å². The zero-order valence-corrected chi connectivity index (χ0v) is 14.8. The van der Waals surface area contributed by atoms with E-state index in [1.54, 1.807) is 17.0 Å². The molecule has 0 unspecified atom stereocenters. The number of hydrogen-bond acceptors (Lipinski definition) is 2. The van der Waals surface area contributed by atoms with Crippen LogP contribution in [0.3, 0.4) is 0 Å². The first-order chi connectivity index (χ1) is 11.9. The van der Waals surface area contributed by atoms with Crippen LogP contribution in [0.5, 0.6) is 0 Å². The molecule has 0 aliphatic rings. The number of aryl methyl sites for hydroxylation is 1. The van der Waals surface area contributed by atoms with E-state index in [0.717, 1.165) is 27.6 Å². The van der Waals surface area contributed by atoms with Gasteiger partial charge in [-0.3, -0.25) is 4.79 Å². The second-order valence-corrected chi connectivity index (χ2v) is 6.49. The molecule has 3 nitrogen and oxygen atoms in total. The summed E-state index contributed by atoms with van der Waals surface area (Å²) >= 11 is 6.33. The zero-order valence-electron chi connectivity index (χ0n) is 14.1. The number of halogens is 2. The molecule has 0 bridgehead atoms. The van der Waals surface area contributed by atoms with Crippen LogP contribution in [0.25, 0.3) is 10.9 Å². The fourth-order valence-corrected chi connectivity index (χ4v) is 2.91. The van der Waals surface area contributed by atoms with Gasteiger partial charge < -0.3 is 4.90 Å². The fraction of sp³-hybridized carbons (Fsp3) is 0.200. The van der Waals surface area contributed by atoms with Crippen molar-refractivity contribution in [3.63, 3.8) is 0 Å². The van der Waals surface area contributed by atoms with Gasteiger partial charge in [0.15, 0.2) is 0 Å². The summed E-state index contributed by atoms with van der Waals surface area (Å²) in [6.45, 7) is 4.25. The summed E-state index contributed by atoms with van der Waals surface area (Å²) in [5.41, 5.74) is 3.60. The number of pyridine rings is 1. The van der Waals surface area contributed by atoms with Crippen LogP contribution in [0.1, 0.15) is 23.6 Å². The van der Waals surface area contributed by atoms with Gasteiger partial charge >= 0.3 is 0 Å². The number of amides is 1. The number of carbonyl (C=O) groups excluding carboxylic acids is 1. The minimum atomic E-state index is -0.296. The van der Waals surface area contributed by atoms with Crippen LogP contribution in [-0.2, 0) is 17.9 Å². The highest BCUT2D eigenvalue weighted by Crippen LogP contribution is 2.23. The molecule has 1 aromatic heterocycles. The highest BCUT2D eigenvalue weighted by atomic mass is 35.5. The Kier molecular flexibility index (Phi) is 5.00. The van der Waals surface area contributed by atoms with Crippen LogP contribution in [0.2, 0.25) is 5.15 Å². The highest BCUT2D eigenvalue weighted by Gasteiger charge is 2.14. The van der Waals surface area contributed by atoms with Gasteiger partial charge in [0.05, 0.1) is 5.52 Å². The van der Waals surface area contributed by atoms with Crippen LogP contribution < -0.4 is 0 Å². The third-order valence-electron chi connectivity index (χ3n) is 4.09. The van der Waals surface area contributed by atoms with Crippen LogP contribution in [0.4, 0.5) is 4.39 Å². The Morgan fingerprint density at radius 3 is 2.52 bits per heavy atom. The SMILES string of the molecule is CC(=O)N(Cc1ccc(F)cc1)Cc1cc2ccc(C)cc2nc1Cl. The topological polar surface area (TPSA) is 33.2 Å². The summed E-state index contributed by atoms with van der Waals surface area (Å²) in [4.78, 5) is 18.1. The number of aromatic nitrogens is 1. The predicted molar refractivity (Wildman–Crippen MR) is 97.8 cm³/mol. The summed E-state index contributed by atoms with van der Waals surface area (Å²) < 4.78 is 13.1. The van der Waals surface area contributed by atoms with Crippen LogP contribution >= 0.6 is 11.6 Å². The lowest BCUT2D eigenvalue weighted by Crippen LogP contribution is -2.27. The van der Waals surface area contributed by atoms with E-state index < -0.39 is 0 Å². The lowest BCUT2D eigenvalue weighted by molar-refractivity contribution is -0.130. The summed E-state index contributed by atoms with van der Waals surface area (Å²) in [6.07, 6.45) is 0. The number of rotatable bonds is 4.